The Balaban J connectivity index is 1.97. The lowest BCUT2D eigenvalue weighted by atomic mass is 10.1. The average molecular weight is 389 g/mol. The number of para-hydroxylation sites is 2. The van der Waals surface area contributed by atoms with E-state index in [1.54, 1.807) is 37.2 Å². The molecular weight excluding hydrogens is 372 g/mol. The van der Waals surface area contributed by atoms with Crippen LogP contribution in [0.3, 0.4) is 0 Å². The molecule has 1 atom stereocenters. The molecule has 0 bridgehead atoms. The molecule has 1 heterocycles. The van der Waals surface area contributed by atoms with Crippen LogP contribution in [0.15, 0.2) is 53.0 Å². The van der Waals surface area contributed by atoms with E-state index in [0.29, 0.717) is 17.0 Å². The summed E-state index contributed by atoms with van der Waals surface area (Å²) in [5, 5.41) is 0. The van der Waals surface area contributed by atoms with Gasteiger partial charge in [-0.25, -0.2) is 0 Å². The van der Waals surface area contributed by atoms with E-state index in [2.05, 4.69) is 15.9 Å². The van der Waals surface area contributed by atoms with Crippen LogP contribution in [0.1, 0.15) is 10.4 Å². The molecule has 0 aromatic heterocycles. The van der Waals surface area contributed by atoms with Crippen molar-refractivity contribution in [3.8, 4) is 5.75 Å². The van der Waals surface area contributed by atoms with Crippen molar-refractivity contribution in [2.24, 2.45) is 0 Å². The third-order valence-corrected chi connectivity index (χ3v) is 4.35. The van der Waals surface area contributed by atoms with E-state index < -0.39 is 6.10 Å². The highest BCUT2D eigenvalue weighted by Crippen LogP contribution is 2.34. The number of hydrogen-bond acceptors (Lipinski definition) is 3. The minimum atomic E-state index is -0.714. The van der Waals surface area contributed by atoms with Gasteiger partial charge in [0.05, 0.1) is 12.2 Å². The molecule has 2 aromatic carbocycles. The number of fused-ring (bicyclic) bond motifs is 1. The van der Waals surface area contributed by atoms with Gasteiger partial charge in [-0.05, 0) is 36.4 Å². The molecule has 124 valence electrons. The molecule has 1 aliphatic heterocycles. The van der Waals surface area contributed by atoms with Gasteiger partial charge in [0.2, 0.25) is 0 Å². The summed E-state index contributed by atoms with van der Waals surface area (Å²) in [5.41, 5.74) is 1.24. The Hall–Kier alpha value is -2.34. The number of amides is 2. The van der Waals surface area contributed by atoms with Gasteiger partial charge < -0.3 is 14.5 Å². The molecule has 0 saturated heterocycles. The lowest BCUT2D eigenvalue weighted by molar-refractivity contribution is -0.135. The molecule has 5 nitrogen and oxygen atoms in total. The number of nitrogens with zero attached hydrogens (tertiary/aromatic N) is 2. The zero-order chi connectivity index (χ0) is 17.3. The first-order valence-electron chi connectivity index (χ1n) is 7.51. The van der Waals surface area contributed by atoms with E-state index in [0.717, 1.165) is 4.47 Å². The van der Waals surface area contributed by atoms with Crippen LogP contribution in [-0.4, -0.2) is 43.5 Å². The first-order valence-corrected chi connectivity index (χ1v) is 8.31. The first kappa shape index (κ1) is 16.5. The van der Waals surface area contributed by atoms with E-state index in [9.17, 15) is 9.59 Å². The molecule has 0 saturated carbocycles. The van der Waals surface area contributed by atoms with E-state index in [1.807, 2.05) is 30.3 Å². The lowest BCUT2D eigenvalue weighted by Crippen LogP contribution is -2.50. The summed E-state index contributed by atoms with van der Waals surface area (Å²) in [5.74, 6) is 0.210. The number of ether oxygens (including phenoxy) is 1. The van der Waals surface area contributed by atoms with Crippen LogP contribution in [0, 0.1) is 0 Å². The molecule has 24 heavy (non-hydrogen) atoms. The number of halogens is 1. The van der Waals surface area contributed by atoms with E-state index in [-0.39, 0.29) is 18.4 Å². The zero-order valence-electron chi connectivity index (χ0n) is 13.4. The van der Waals surface area contributed by atoms with E-state index in [4.69, 9.17) is 4.74 Å². The van der Waals surface area contributed by atoms with Gasteiger partial charge in [-0.3, -0.25) is 9.59 Å². The van der Waals surface area contributed by atoms with Crippen LogP contribution in [0.5, 0.6) is 5.75 Å². The second kappa shape index (κ2) is 6.65. The Labute approximate surface area is 148 Å². The van der Waals surface area contributed by atoms with Gasteiger partial charge in [-0.15, -0.1) is 0 Å². The summed E-state index contributed by atoms with van der Waals surface area (Å²) >= 11 is 3.37. The predicted molar refractivity (Wildman–Crippen MR) is 95.4 cm³/mol. The van der Waals surface area contributed by atoms with Gasteiger partial charge in [0.15, 0.2) is 6.10 Å². The summed E-state index contributed by atoms with van der Waals surface area (Å²) in [7, 11) is 3.35. The van der Waals surface area contributed by atoms with Crippen molar-refractivity contribution in [2.45, 2.75) is 6.10 Å². The average Bonchev–Trinajstić information content (AvgIpc) is 2.60. The quantitative estimate of drug-likeness (QED) is 0.794. The van der Waals surface area contributed by atoms with E-state index in [1.165, 1.54) is 4.90 Å². The minimum absolute atomic E-state index is 0.158. The molecule has 0 unspecified atom stereocenters. The molecule has 3 rings (SSSR count). The molecule has 2 aromatic rings. The fourth-order valence-electron chi connectivity index (χ4n) is 2.59. The monoisotopic (exact) mass is 388 g/mol. The van der Waals surface area contributed by atoms with Gasteiger partial charge in [0, 0.05) is 24.1 Å². The summed E-state index contributed by atoms with van der Waals surface area (Å²) in [6.45, 7) is 0.183. The maximum Gasteiger partial charge on any atom is 0.265 e. The van der Waals surface area contributed by atoms with Crippen molar-refractivity contribution in [3.05, 3.63) is 58.6 Å². The number of likely N-dealkylation sites (N-methyl/N-ethyl adjacent to an activating group) is 1. The van der Waals surface area contributed by atoms with Gasteiger partial charge in [-0.2, -0.15) is 0 Å². The molecule has 0 aliphatic carbocycles. The molecule has 0 spiro atoms. The van der Waals surface area contributed by atoms with Crippen LogP contribution in [0.4, 0.5) is 5.69 Å². The molecule has 0 radical (unpaired) electrons. The van der Waals surface area contributed by atoms with Gasteiger partial charge in [-0.1, -0.05) is 28.1 Å². The third-order valence-electron chi connectivity index (χ3n) is 3.83. The topological polar surface area (TPSA) is 49.9 Å². The number of carbonyl (C=O) groups is 2. The van der Waals surface area contributed by atoms with Gasteiger partial charge in [0.1, 0.15) is 5.75 Å². The second-order valence-corrected chi connectivity index (χ2v) is 6.65. The van der Waals surface area contributed by atoms with Crippen molar-refractivity contribution in [3.63, 3.8) is 0 Å². The molecule has 1 aliphatic rings. The summed E-state index contributed by atoms with van der Waals surface area (Å²) in [4.78, 5) is 28.3. The summed E-state index contributed by atoms with van der Waals surface area (Å²) in [6.07, 6.45) is -0.714. The van der Waals surface area contributed by atoms with Crippen LogP contribution in [-0.2, 0) is 4.79 Å². The van der Waals surface area contributed by atoms with Gasteiger partial charge >= 0.3 is 0 Å². The van der Waals surface area contributed by atoms with Crippen LogP contribution in [0.2, 0.25) is 0 Å². The second-order valence-electron chi connectivity index (χ2n) is 5.73. The van der Waals surface area contributed by atoms with Crippen LogP contribution in [0.25, 0.3) is 0 Å². The SMILES string of the molecule is CN(C)C(=O)[C@@H]1CN(C(=O)c2ccc(Br)cc2)c2ccccc2O1. The summed E-state index contributed by atoms with van der Waals surface area (Å²) in [6, 6.07) is 14.4. The maximum absolute atomic E-state index is 12.9. The number of rotatable bonds is 2. The highest BCUT2D eigenvalue weighted by Gasteiger charge is 2.34. The molecular formula is C18H17BrN2O3. The Bertz CT molecular complexity index is 774. The maximum atomic E-state index is 12.9. The van der Waals surface area contributed by atoms with Crippen LogP contribution < -0.4 is 9.64 Å². The Morgan fingerprint density at radius 3 is 2.46 bits per heavy atom. The number of carbonyl (C=O) groups excluding carboxylic acids is 2. The standard InChI is InChI=1S/C18H17BrN2O3/c1-20(2)18(23)16-11-21(14-5-3-4-6-15(14)24-16)17(22)12-7-9-13(19)10-8-12/h3-10,16H,11H2,1-2H3/t16-/m0/s1. The zero-order valence-corrected chi connectivity index (χ0v) is 15.0. The smallest absolute Gasteiger partial charge is 0.265 e. The number of hydrogen-bond donors (Lipinski definition) is 0. The molecule has 0 N–H and O–H groups in total. The summed E-state index contributed by atoms with van der Waals surface area (Å²) < 4.78 is 6.70. The van der Waals surface area contributed by atoms with Gasteiger partial charge in [0.25, 0.3) is 11.8 Å². The van der Waals surface area contributed by atoms with Crippen molar-refractivity contribution in [1.29, 1.82) is 0 Å². The van der Waals surface area contributed by atoms with Crippen LogP contribution >= 0.6 is 15.9 Å². The first-order chi connectivity index (χ1) is 11.5. The molecule has 2 amide bonds. The van der Waals surface area contributed by atoms with Crippen molar-refractivity contribution < 1.29 is 14.3 Å². The Kier molecular flexibility index (Phi) is 4.57. The Morgan fingerprint density at radius 1 is 1.12 bits per heavy atom. The highest BCUT2D eigenvalue weighted by molar-refractivity contribution is 9.10. The highest BCUT2D eigenvalue weighted by atomic mass is 79.9. The third kappa shape index (κ3) is 3.14. The number of benzene rings is 2. The Morgan fingerprint density at radius 2 is 1.79 bits per heavy atom. The largest absolute Gasteiger partial charge is 0.476 e. The van der Waals surface area contributed by atoms with Crippen molar-refractivity contribution in [1.82, 2.24) is 4.90 Å². The molecule has 0 fully saturated rings. The predicted octanol–water partition coefficient (Wildman–Crippen LogP) is 2.95. The minimum Gasteiger partial charge on any atom is -0.476 e. The normalized spacial score (nSPS) is 16.1. The lowest BCUT2D eigenvalue weighted by Gasteiger charge is -2.35. The van der Waals surface area contributed by atoms with Crippen molar-refractivity contribution >= 4 is 33.4 Å². The fourth-order valence-corrected chi connectivity index (χ4v) is 2.86. The van der Waals surface area contributed by atoms with E-state index >= 15 is 0 Å². The van der Waals surface area contributed by atoms with Crippen molar-refractivity contribution in [2.75, 3.05) is 25.5 Å². The molecule has 6 heteroatoms. The fraction of sp³-hybridized carbons (Fsp3) is 0.222. The number of anilines is 1.